The Morgan fingerprint density at radius 2 is 1.87 bits per heavy atom. The number of rotatable bonds is 7. The Hall–Kier alpha value is -2.07. The van der Waals surface area contributed by atoms with Gasteiger partial charge in [0, 0.05) is 6.54 Å². The molecule has 0 saturated carbocycles. The van der Waals surface area contributed by atoms with Crippen molar-refractivity contribution in [2.24, 2.45) is 0 Å². The Morgan fingerprint density at radius 3 is 2.48 bits per heavy atom. The predicted molar refractivity (Wildman–Crippen MR) is 92.2 cm³/mol. The van der Waals surface area contributed by atoms with Gasteiger partial charge in [-0.15, -0.1) is 0 Å². The van der Waals surface area contributed by atoms with Crippen LogP contribution in [0.3, 0.4) is 0 Å². The molecule has 4 heteroatoms. The molecule has 0 spiro atoms. The van der Waals surface area contributed by atoms with E-state index in [2.05, 4.69) is 24.4 Å². The number of nitrogens with zero attached hydrogens (tertiary/aromatic N) is 1. The highest BCUT2D eigenvalue weighted by Gasteiger charge is 2.19. The number of hydrogen-bond acceptors (Lipinski definition) is 3. The average molecular weight is 314 g/mol. The second-order valence-corrected chi connectivity index (χ2v) is 6.16. The van der Waals surface area contributed by atoms with Gasteiger partial charge in [0.15, 0.2) is 0 Å². The molecule has 0 fully saturated rings. The van der Waals surface area contributed by atoms with Crippen LogP contribution in [0.1, 0.15) is 36.8 Å². The van der Waals surface area contributed by atoms with Crippen LogP contribution in [0.4, 0.5) is 0 Å². The van der Waals surface area contributed by atoms with Crippen LogP contribution in [0.25, 0.3) is 0 Å². The van der Waals surface area contributed by atoms with Gasteiger partial charge in [0.25, 0.3) is 0 Å². The second kappa shape index (κ2) is 7.97. The normalized spacial score (nSPS) is 13.8. The largest absolute Gasteiger partial charge is 0.465 e. The van der Waals surface area contributed by atoms with E-state index in [0.717, 1.165) is 11.5 Å². The molecule has 0 radical (unpaired) electrons. The zero-order chi connectivity index (χ0) is 16.8. The van der Waals surface area contributed by atoms with Gasteiger partial charge in [-0.05, 0) is 44.5 Å². The van der Waals surface area contributed by atoms with Crippen molar-refractivity contribution in [2.75, 3.05) is 13.6 Å². The van der Waals surface area contributed by atoms with Crippen molar-refractivity contribution in [1.29, 1.82) is 0 Å². The van der Waals surface area contributed by atoms with Crippen molar-refractivity contribution in [3.63, 3.8) is 0 Å². The first-order valence-electron chi connectivity index (χ1n) is 8.05. The molecule has 2 unspecified atom stereocenters. The van der Waals surface area contributed by atoms with Crippen molar-refractivity contribution in [3.05, 3.63) is 59.5 Å². The molecule has 0 aliphatic carbocycles. The maximum absolute atomic E-state index is 12.3. The Bertz CT molecular complexity index is 621. The third-order valence-corrected chi connectivity index (χ3v) is 4.19. The SMILES string of the molecule is Cc1ccc(CN(C)C(C)C(=O)NCC(C)c2ccccc2)o1. The first kappa shape index (κ1) is 17.3. The molecule has 4 nitrogen and oxygen atoms in total. The van der Waals surface area contributed by atoms with Crippen molar-refractivity contribution in [3.8, 4) is 0 Å². The molecule has 0 saturated heterocycles. The Labute approximate surface area is 138 Å². The summed E-state index contributed by atoms with van der Waals surface area (Å²) in [5.41, 5.74) is 1.24. The minimum Gasteiger partial charge on any atom is -0.465 e. The lowest BCUT2D eigenvalue weighted by Crippen LogP contribution is -2.43. The molecule has 1 heterocycles. The number of hydrogen-bond donors (Lipinski definition) is 1. The molecule has 1 aromatic heterocycles. The zero-order valence-corrected chi connectivity index (χ0v) is 14.4. The van der Waals surface area contributed by atoms with Gasteiger partial charge in [0.05, 0.1) is 12.6 Å². The quantitative estimate of drug-likeness (QED) is 0.852. The predicted octanol–water partition coefficient (Wildman–Crippen LogP) is 3.33. The minimum atomic E-state index is -0.205. The average Bonchev–Trinajstić information content (AvgIpc) is 2.97. The van der Waals surface area contributed by atoms with Crippen molar-refractivity contribution >= 4 is 5.91 Å². The molecule has 2 aromatic rings. The Morgan fingerprint density at radius 1 is 1.17 bits per heavy atom. The number of carbonyl (C=O) groups excluding carboxylic acids is 1. The van der Waals surface area contributed by atoms with Gasteiger partial charge in [0.1, 0.15) is 11.5 Å². The van der Waals surface area contributed by atoms with Crippen molar-refractivity contribution in [2.45, 2.75) is 39.3 Å². The smallest absolute Gasteiger partial charge is 0.237 e. The fourth-order valence-corrected chi connectivity index (χ4v) is 2.45. The van der Waals surface area contributed by atoms with E-state index >= 15 is 0 Å². The summed E-state index contributed by atoms with van der Waals surface area (Å²) in [6.07, 6.45) is 0. The van der Waals surface area contributed by atoms with Crippen LogP contribution < -0.4 is 5.32 Å². The number of furan rings is 1. The van der Waals surface area contributed by atoms with E-state index in [1.807, 2.05) is 56.1 Å². The van der Waals surface area contributed by atoms with E-state index in [1.165, 1.54) is 5.56 Å². The molecule has 0 aliphatic heterocycles. The van der Waals surface area contributed by atoms with Crippen LogP contribution in [0, 0.1) is 6.92 Å². The van der Waals surface area contributed by atoms with Gasteiger partial charge in [-0.25, -0.2) is 0 Å². The fraction of sp³-hybridized carbons (Fsp3) is 0.421. The monoisotopic (exact) mass is 314 g/mol. The maximum Gasteiger partial charge on any atom is 0.237 e. The van der Waals surface area contributed by atoms with E-state index in [0.29, 0.717) is 19.0 Å². The van der Waals surface area contributed by atoms with Crippen molar-refractivity contribution in [1.82, 2.24) is 10.2 Å². The molecule has 124 valence electrons. The van der Waals surface area contributed by atoms with Gasteiger partial charge in [-0.2, -0.15) is 0 Å². The Balaban J connectivity index is 1.82. The number of nitrogens with one attached hydrogen (secondary N) is 1. The van der Waals surface area contributed by atoms with E-state index in [1.54, 1.807) is 0 Å². The number of carbonyl (C=O) groups is 1. The summed E-state index contributed by atoms with van der Waals surface area (Å²) < 4.78 is 5.57. The highest BCUT2D eigenvalue weighted by molar-refractivity contribution is 5.81. The first-order valence-corrected chi connectivity index (χ1v) is 8.05. The number of amides is 1. The summed E-state index contributed by atoms with van der Waals surface area (Å²) >= 11 is 0. The molecule has 2 rings (SSSR count). The second-order valence-electron chi connectivity index (χ2n) is 6.16. The van der Waals surface area contributed by atoms with Gasteiger partial charge < -0.3 is 9.73 Å². The van der Waals surface area contributed by atoms with Gasteiger partial charge in [-0.3, -0.25) is 9.69 Å². The van der Waals surface area contributed by atoms with E-state index in [-0.39, 0.29) is 11.9 Å². The summed E-state index contributed by atoms with van der Waals surface area (Å²) in [5, 5.41) is 3.04. The van der Waals surface area contributed by atoms with Crippen LogP contribution in [0.15, 0.2) is 46.9 Å². The number of aryl methyl sites for hydroxylation is 1. The molecule has 1 amide bonds. The molecule has 23 heavy (non-hydrogen) atoms. The van der Waals surface area contributed by atoms with Crippen LogP contribution in [0.5, 0.6) is 0 Å². The number of benzene rings is 1. The van der Waals surface area contributed by atoms with Crippen LogP contribution >= 0.6 is 0 Å². The molecule has 1 aromatic carbocycles. The third kappa shape index (κ3) is 4.96. The van der Waals surface area contributed by atoms with Crippen molar-refractivity contribution < 1.29 is 9.21 Å². The third-order valence-electron chi connectivity index (χ3n) is 4.19. The van der Waals surface area contributed by atoms with Crippen LogP contribution in [-0.2, 0) is 11.3 Å². The highest BCUT2D eigenvalue weighted by atomic mass is 16.3. The maximum atomic E-state index is 12.3. The zero-order valence-electron chi connectivity index (χ0n) is 14.4. The molecule has 2 atom stereocenters. The topological polar surface area (TPSA) is 45.5 Å². The minimum absolute atomic E-state index is 0.0403. The molecular weight excluding hydrogens is 288 g/mol. The van der Waals surface area contributed by atoms with E-state index < -0.39 is 0 Å². The molecule has 0 bridgehead atoms. The summed E-state index contributed by atoms with van der Waals surface area (Å²) in [7, 11) is 1.93. The molecule has 0 aliphatic rings. The first-order chi connectivity index (χ1) is 11.0. The van der Waals surface area contributed by atoms with E-state index in [4.69, 9.17) is 4.42 Å². The Kier molecular flexibility index (Phi) is 5.99. The highest BCUT2D eigenvalue weighted by Crippen LogP contribution is 2.14. The summed E-state index contributed by atoms with van der Waals surface area (Å²) in [5.74, 6) is 2.11. The summed E-state index contributed by atoms with van der Waals surface area (Å²) in [6.45, 7) is 7.22. The van der Waals surface area contributed by atoms with E-state index in [9.17, 15) is 4.79 Å². The summed E-state index contributed by atoms with van der Waals surface area (Å²) in [6, 6.07) is 13.9. The fourth-order valence-electron chi connectivity index (χ4n) is 2.45. The molecule has 1 N–H and O–H groups in total. The number of likely N-dealkylation sites (N-methyl/N-ethyl adjacent to an activating group) is 1. The van der Waals surface area contributed by atoms with Gasteiger partial charge in [0.2, 0.25) is 5.91 Å². The lowest BCUT2D eigenvalue weighted by Gasteiger charge is -2.23. The lowest BCUT2D eigenvalue weighted by atomic mass is 10.0. The summed E-state index contributed by atoms with van der Waals surface area (Å²) in [4.78, 5) is 14.3. The lowest BCUT2D eigenvalue weighted by molar-refractivity contribution is -0.125. The standard InChI is InChI=1S/C19H26N2O2/c1-14(17-8-6-5-7-9-17)12-20-19(22)16(3)21(4)13-18-11-10-15(2)23-18/h5-11,14,16H,12-13H2,1-4H3,(H,20,22). The van der Waals surface area contributed by atoms with Gasteiger partial charge >= 0.3 is 0 Å². The van der Waals surface area contributed by atoms with Crippen LogP contribution in [0.2, 0.25) is 0 Å². The molecular formula is C19H26N2O2. The van der Waals surface area contributed by atoms with Gasteiger partial charge in [-0.1, -0.05) is 37.3 Å². The van der Waals surface area contributed by atoms with Crippen LogP contribution in [-0.4, -0.2) is 30.4 Å².